The first-order chi connectivity index (χ1) is 10.9. The summed E-state index contributed by atoms with van der Waals surface area (Å²) in [5.74, 6) is 0.603. The summed E-state index contributed by atoms with van der Waals surface area (Å²) in [5.41, 5.74) is 1.41. The van der Waals surface area contributed by atoms with Crippen LogP contribution in [0.25, 0.3) is 11.2 Å². The van der Waals surface area contributed by atoms with Gasteiger partial charge in [-0.15, -0.1) is 0 Å². The van der Waals surface area contributed by atoms with Crippen molar-refractivity contribution in [1.29, 1.82) is 0 Å². The second kappa shape index (κ2) is 6.23. The highest BCUT2D eigenvalue weighted by molar-refractivity contribution is 5.69. The van der Waals surface area contributed by atoms with E-state index in [1.807, 2.05) is 13.8 Å². The Morgan fingerprint density at radius 2 is 1.83 bits per heavy atom. The Kier molecular flexibility index (Phi) is 4.53. The lowest BCUT2D eigenvalue weighted by molar-refractivity contribution is 0.392. The van der Waals surface area contributed by atoms with Crippen LogP contribution in [0.4, 0.5) is 0 Å². The maximum Gasteiger partial charge on any atom is 0.332 e. The number of hydrogen-bond acceptors (Lipinski definition) is 5. The van der Waals surface area contributed by atoms with Gasteiger partial charge in [0.15, 0.2) is 11.2 Å². The van der Waals surface area contributed by atoms with E-state index in [1.165, 1.54) is 15.5 Å². The van der Waals surface area contributed by atoms with Crippen molar-refractivity contribution in [2.75, 3.05) is 0 Å². The maximum atomic E-state index is 12.6. The van der Waals surface area contributed by atoms with Crippen molar-refractivity contribution in [3.8, 4) is 0 Å². The van der Waals surface area contributed by atoms with Gasteiger partial charge in [-0.2, -0.15) is 0 Å². The highest BCUT2D eigenvalue weighted by Crippen LogP contribution is 2.13. The maximum absolute atomic E-state index is 12.6. The van der Waals surface area contributed by atoms with E-state index in [-0.39, 0.29) is 12.1 Å². The molecule has 0 bridgehead atoms. The van der Waals surface area contributed by atoms with Gasteiger partial charge in [0, 0.05) is 19.7 Å². The highest BCUT2D eigenvalue weighted by Gasteiger charge is 2.17. The molecule has 8 heteroatoms. The lowest BCUT2D eigenvalue weighted by atomic mass is 10.2. The lowest BCUT2D eigenvalue weighted by Crippen LogP contribution is -2.40. The average molecular weight is 319 g/mol. The molecule has 3 aromatic heterocycles. The summed E-state index contributed by atoms with van der Waals surface area (Å²) in [4.78, 5) is 29.1. The van der Waals surface area contributed by atoms with E-state index in [0.717, 1.165) is 5.56 Å². The number of imidazole rings is 1. The molecule has 3 rings (SSSR count). The molecular weight excluding hydrogens is 298 g/mol. The molecular formula is C15H21N5O3. The van der Waals surface area contributed by atoms with Crippen molar-refractivity contribution in [3.63, 3.8) is 0 Å². The van der Waals surface area contributed by atoms with Crippen LogP contribution in [-0.2, 0) is 20.6 Å². The van der Waals surface area contributed by atoms with Crippen molar-refractivity contribution in [1.82, 2.24) is 23.8 Å². The quantitative estimate of drug-likeness (QED) is 0.706. The molecule has 0 spiro atoms. The van der Waals surface area contributed by atoms with Gasteiger partial charge in [-0.05, 0) is 13.8 Å². The minimum atomic E-state index is -0.411. The summed E-state index contributed by atoms with van der Waals surface area (Å²) >= 11 is 0. The smallest absolute Gasteiger partial charge is 0.332 e. The molecule has 0 saturated heterocycles. The monoisotopic (exact) mass is 319 g/mol. The third-order valence-corrected chi connectivity index (χ3v) is 3.70. The molecule has 0 amide bonds. The number of fused-ring (bicyclic) bond motifs is 1. The summed E-state index contributed by atoms with van der Waals surface area (Å²) in [7, 11) is 3.32. The van der Waals surface area contributed by atoms with Crippen molar-refractivity contribution in [2.45, 2.75) is 34.2 Å². The molecule has 0 aliphatic carbocycles. The molecule has 0 atom stereocenters. The van der Waals surface area contributed by atoms with Gasteiger partial charge in [0.1, 0.15) is 5.76 Å². The number of hydrogen-bond donors (Lipinski definition) is 0. The Bertz CT molecular complexity index is 939. The standard InChI is InChI=1S/C13H15N5O3.C2H6/c1-7-9(8(2)21-15-7)5-18-12(19)10-11(14-6-16(10)3)17(4)13(18)20;1-2/h6H,5H2,1-4H3;1-2H3. The van der Waals surface area contributed by atoms with Gasteiger partial charge < -0.3 is 9.09 Å². The second-order valence-corrected chi connectivity index (χ2v) is 5.06. The molecule has 23 heavy (non-hydrogen) atoms. The van der Waals surface area contributed by atoms with Gasteiger partial charge in [0.05, 0.1) is 18.6 Å². The number of rotatable bonds is 2. The van der Waals surface area contributed by atoms with Crippen molar-refractivity contribution in [2.24, 2.45) is 14.1 Å². The summed E-state index contributed by atoms with van der Waals surface area (Å²) in [6.45, 7) is 7.67. The highest BCUT2D eigenvalue weighted by atomic mass is 16.5. The zero-order valence-electron chi connectivity index (χ0n) is 14.2. The Labute approximate surface area is 133 Å². The van der Waals surface area contributed by atoms with E-state index in [4.69, 9.17) is 4.52 Å². The topological polar surface area (TPSA) is 87.8 Å². The van der Waals surface area contributed by atoms with E-state index in [9.17, 15) is 9.59 Å². The van der Waals surface area contributed by atoms with Crippen LogP contribution in [0.5, 0.6) is 0 Å². The van der Waals surface area contributed by atoms with Gasteiger partial charge >= 0.3 is 5.69 Å². The molecule has 8 nitrogen and oxygen atoms in total. The van der Waals surface area contributed by atoms with E-state index >= 15 is 0 Å². The van der Waals surface area contributed by atoms with Crippen molar-refractivity contribution < 1.29 is 4.52 Å². The third kappa shape index (κ3) is 2.60. The summed E-state index contributed by atoms with van der Waals surface area (Å²) in [6, 6.07) is 0. The molecule has 124 valence electrons. The van der Waals surface area contributed by atoms with E-state index in [2.05, 4.69) is 10.1 Å². The molecule has 0 aliphatic heterocycles. The molecule has 0 fully saturated rings. The van der Waals surface area contributed by atoms with Crippen LogP contribution in [0.2, 0.25) is 0 Å². The second-order valence-electron chi connectivity index (χ2n) is 5.06. The SMILES string of the molecule is CC.Cc1noc(C)c1Cn1c(=O)c2c(ncn2C)n(C)c1=O. The molecule has 0 aromatic carbocycles. The minimum absolute atomic E-state index is 0.133. The van der Waals surface area contributed by atoms with E-state index in [1.54, 1.807) is 32.5 Å². The van der Waals surface area contributed by atoms with Gasteiger partial charge in [0.25, 0.3) is 5.56 Å². The van der Waals surface area contributed by atoms with Crippen LogP contribution in [0.3, 0.4) is 0 Å². The van der Waals surface area contributed by atoms with Crippen molar-refractivity contribution in [3.05, 3.63) is 44.2 Å². The first-order valence-corrected chi connectivity index (χ1v) is 7.44. The fourth-order valence-corrected chi connectivity index (χ4v) is 2.42. The molecule has 0 N–H and O–H groups in total. The summed E-state index contributed by atoms with van der Waals surface area (Å²) in [5, 5.41) is 3.85. The van der Waals surface area contributed by atoms with E-state index < -0.39 is 5.69 Å². The van der Waals surface area contributed by atoms with Gasteiger partial charge in [-0.25, -0.2) is 9.78 Å². The predicted molar refractivity (Wildman–Crippen MR) is 86.6 cm³/mol. The summed E-state index contributed by atoms with van der Waals surface area (Å²) in [6.07, 6.45) is 1.52. The number of aryl methyl sites for hydroxylation is 4. The zero-order valence-corrected chi connectivity index (χ0v) is 14.2. The zero-order chi connectivity index (χ0) is 17.3. The summed E-state index contributed by atoms with van der Waals surface area (Å²) < 4.78 is 9.24. The molecule has 3 aromatic rings. The Hall–Kier alpha value is -2.64. The molecule has 3 heterocycles. The van der Waals surface area contributed by atoms with Gasteiger partial charge in [-0.1, -0.05) is 19.0 Å². The normalized spacial score (nSPS) is 10.7. The first kappa shape index (κ1) is 16.7. The van der Waals surface area contributed by atoms with Crippen molar-refractivity contribution >= 4 is 11.2 Å². The molecule has 0 aliphatic rings. The van der Waals surface area contributed by atoms with Crippen LogP contribution in [-0.4, -0.2) is 23.8 Å². The Morgan fingerprint density at radius 1 is 1.17 bits per heavy atom. The number of nitrogens with zero attached hydrogens (tertiary/aromatic N) is 5. The minimum Gasteiger partial charge on any atom is -0.361 e. The predicted octanol–water partition coefficient (Wildman–Crippen LogP) is 1.11. The fourth-order valence-electron chi connectivity index (χ4n) is 2.42. The van der Waals surface area contributed by atoms with Crippen LogP contribution in [0.1, 0.15) is 30.9 Å². The van der Waals surface area contributed by atoms with Crippen LogP contribution in [0, 0.1) is 13.8 Å². The van der Waals surface area contributed by atoms with Crippen LogP contribution in [0.15, 0.2) is 20.4 Å². The Morgan fingerprint density at radius 3 is 2.39 bits per heavy atom. The van der Waals surface area contributed by atoms with Crippen LogP contribution < -0.4 is 11.2 Å². The van der Waals surface area contributed by atoms with E-state index in [0.29, 0.717) is 22.6 Å². The lowest BCUT2D eigenvalue weighted by Gasteiger charge is -2.08. The van der Waals surface area contributed by atoms with Crippen LogP contribution >= 0.6 is 0 Å². The molecule has 0 radical (unpaired) electrons. The van der Waals surface area contributed by atoms with Gasteiger partial charge in [0.2, 0.25) is 0 Å². The fraction of sp³-hybridized carbons (Fsp3) is 0.467. The third-order valence-electron chi connectivity index (χ3n) is 3.70. The number of aromatic nitrogens is 5. The average Bonchev–Trinajstić information content (AvgIpc) is 3.08. The first-order valence-electron chi connectivity index (χ1n) is 7.44. The Balaban J connectivity index is 0.000000924. The van der Waals surface area contributed by atoms with Gasteiger partial charge in [-0.3, -0.25) is 13.9 Å². The molecule has 0 saturated carbocycles. The largest absolute Gasteiger partial charge is 0.361 e. The molecule has 0 unspecified atom stereocenters.